The molecule has 0 saturated carbocycles. The Labute approximate surface area is 727 Å². The summed E-state index contributed by atoms with van der Waals surface area (Å²) in [5, 5.41) is 0. The largest absolute Gasteiger partial charge is 0.416 e. The SMILES string of the molecule is C[N+]12CC[N+](F)(CC1)C(c1ccc(C(F)(F)F)cc1)C2c1ccc(C(F)(F)F)cc1.C[N+]12CC[N+](F)(CC1)C(c1ccccc1-c1ccccc1)C2c1ccccc1-c1ccccc1.Cc1ccccc1C1C(c2ccccc2C)[N+]2(F)CC[N+]1(C)CC2.F[N+]12CC[N+](CCl)(CC1)CC2Cc1ccccc1.F[N+]12CC[N+](CCl)(CC1)CC2c1ccccc1. The van der Waals surface area contributed by atoms with Crippen LogP contribution in [0.5, 0.6) is 0 Å². The molecule has 0 spiro atoms. The molecule has 123 heavy (non-hydrogen) atoms. The normalized spacial score (nSPS) is 33.6. The van der Waals surface area contributed by atoms with Crippen molar-refractivity contribution in [2.75, 3.05) is 177 Å². The third-order valence-electron chi connectivity index (χ3n) is 30.4. The molecule has 0 radical (unpaired) electrons. The lowest BCUT2D eigenvalue weighted by Gasteiger charge is -2.57. The Balaban J connectivity index is 0.000000117. The minimum Gasteiger partial charge on any atom is -0.305 e. The van der Waals surface area contributed by atoms with Crippen molar-refractivity contribution < 1.29 is 94.7 Å². The number of rotatable bonds is 13. The lowest BCUT2D eigenvalue weighted by atomic mass is 9.79. The van der Waals surface area contributed by atoms with E-state index in [0.29, 0.717) is 93.1 Å². The summed E-state index contributed by atoms with van der Waals surface area (Å²) in [6, 6.07) is 84.4. The third kappa shape index (κ3) is 17.3. The number of aryl methyl sites for hydroxylation is 2. The van der Waals surface area contributed by atoms with Crippen molar-refractivity contribution in [3.63, 3.8) is 0 Å². The van der Waals surface area contributed by atoms with Crippen molar-refractivity contribution in [2.24, 2.45) is 0 Å². The Morgan fingerprint density at radius 1 is 0.285 bits per heavy atom. The molecular formula is C100H117Cl2F11N10+10. The molecule has 15 heterocycles. The van der Waals surface area contributed by atoms with E-state index in [4.69, 9.17) is 23.2 Å². The van der Waals surface area contributed by atoms with E-state index in [9.17, 15) is 35.3 Å². The monoisotopic (exact) mass is 1740 g/mol. The number of halogens is 13. The van der Waals surface area contributed by atoms with Crippen LogP contribution in [0, 0.1) is 13.8 Å². The van der Waals surface area contributed by atoms with Gasteiger partial charge in [-0.2, -0.15) is 26.3 Å². The molecule has 10 aromatic rings. The fraction of sp³-hybridized carbons (Fsp3) is 0.400. The van der Waals surface area contributed by atoms with E-state index >= 15 is 13.4 Å². The standard InChI is InChI=1S/C31H31FN2.C21H21F7N2.C21H27FN2.C14H20ClFN2.C13H18ClFN2/c1-33-20-22-34(32,23-21-33)31(29-19-11-9-17-27(29)25-14-6-3-7-15-25)30(33)28-18-10-8-16-26(28)24-12-4-2-5-13-24;1-29-10-12-30(28,13-11-29)19(15-4-8-17(9-5-15)21(25,26)27)18(29)14-2-6-16(7-3-14)20(22,23)24;1-16-8-4-6-10-18(16)20-21(19-11-7-5-9-17(19)2)24(22)14-12-23(20,3)13-15-24;15-12-17-6-8-18(16,9-7-17)14(11-17)10-13-4-2-1-3-5-13;14-11-16-6-8-17(15,9-7-16)13(10-16)12-4-2-1-3-5-12/h2-19,30-31H,20-23H2,1H3;2-9,18-19H,10-13H2,1H3;4-11,20-21H,12-15H2,1-3H3;1-5,14H,6-12H2;1-5,13H,6-11H2/q5*+2. The zero-order valence-electron chi connectivity index (χ0n) is 71.1. The maximum absolute atomic E-state index is 17.0. The quantitative estimate of drug-likeness (QED) is 0.0355. The number of alkyl halides is 8. The molecule has 10 bridgehead atoms. The van der Waals surface area contributed by atoms with Gasteiger partial charge < -0.3 is 13.4 Å². The van der Waals surface area contributed by atoms with Crippen LogP contribution in [0.3, 0.4) is 0 Å². The van der Waals surface area contributed by atoms with Crippen molar-refractivity contribution in [3.05, 3.63) is 334 Å². The number of hydrogen-bond acceptors (Lipinski definition) is 0. The number of piperazine rings is 15. The molecule has 0 N–H and O–H groups in total. The Hall–Kier alpha value is -8.39. The van der Waals surface area contributed by atoms with Gasteiger partial charge in [-0.1, -0.05) is 266 Å². The predicted octanol–water partition coefficient (Wildman–Crippen LogP) is 21.7. The fourth-order valence-electron chi connectivity index (χ4n) is 22.8. The van der Waals surface area contributed by atoms with Gasteiger partial charge in [-0.05, 0) is 99.5 Å². The van der Waals surface area contributed by atoms with Crippen molar-refractivity contribution in [1.82, 2.24) is 0 Å². The molecule has 15 aliphatic heterocycles. The average molecular weight is 1740 g/mol. The minimum absolute atomic E-state index is 0.0301. The molecule has 10 aromatic carbocycles. The molecule has 648 valence electrons. The van der Waals surface area contributed by atoms with Crippen molar-refractivity contribution >= 4 is 23.2 Å². The Kier molecular flexibility index (Phi) is 24.6. The van der Waals surface area contributed by atoms with Gasteiger partial charge in [0.15, 0.2) is 108 Å². The van der Waals surface area contributed by atoms with E-state index in [2.05, 4.69) is 192 Å². The first-order chi connectivity index (χ1) is 58.7. The molecule has 0 aliphatic carbocycles. The molecule has 10 nitrogen and oxygen atoms in total. The number of hydrogen-bond donors (Lipinski definition) is 0. The summed E-state index contributed by atoms with van der Waals surface area (Å²) in [6.07, 6.45) is -8.15. The molecule has 8 unspecified atom stereocenters. The van der Waals surface area contributed by atoms with Gasteiger partial charge in [-0.25, -0.2) is 0 Å². The highest BCUT2D eigenvalue weighted by molar-refractivity contribution is 6.17. The number of likely N-dealkylation sites (N-methyl/N-ethyl adjacent to an activating group) is 3. The van der Waals surface area contributed by atoms with Crippen LogP contribution in [0.2, 0.25) is 0 Å². The molecule has 8 atom stereocenters. The van der Waals surface area contributed by atoms with Crippen LogP contribution in [-0.2, 0) is 18.8 Å². The Bertz CT molecular complexity index is 5000. The van der Waals surface area contributed by atoms with Gasteiger partial charge in [0.05, 0.1) is 32.3 Å². The minimum atomic E-state index is -4.50. The van der Waals surface area contributed by atoms with Gasteiger partial charge in [0.25, 0.3) is 0 Å². The molecule has 0 aromatic heterocycles. The summed E-state index contributed by atoms with van der Waals surface area (Å²) in [5.74, 6) is 0. The van der Waals surface area contributed by atoms with Crippen LogP contribution in [0.1, 0.15) is 109 Å². The van der Waals surface area contributed by atoms with Crippen LogP contribution in [0.4, 0.5) is 48.7 Å². The first kappa shape index (κ1) is 88.1. The molecule has 15 fully saturated rings. The second-order valence-corrected chi connectivity index (χ2v) is 38.1. The maximum atomic E-state index is 17.0. The second kappa shape index (κ2) is 34.4. The van der Waals surface area contributed by atoms with Crippen molar-refractivity contribution in [3.8, 4) is 22.3 Å². The summed E-state index contributed by atoms with van der Waals surface area (Å²) in [7, 11) is 6.60. The first-order valence-corrected chi connectivity index (χ1v) is 44.8. The zero-order chi connectivity index (χ0) is 86.6. The van der Waals surface area contributed by atoms with Crippen LogP contribution < -0.4 is 0 Å². The summed E-state index contributed by atoms with van der Waals surface area (Å²) in [6.45, 7) is 19.3. The lowest BCUT2D eigenvalue weighted by molar-refractivity contribution is -1.18. The third-order valence-corrected chi connectivity index (χ3v) is 31.4. The first-order valence-electron chi connectivity index (χ1n) is 43.7. The summed E-state index contributed by atoms with van der Waals surface area (Å²) < 4.78 is 158. The van der Waals surface area contributed by atoms with Crippen LogP contribution >= 0.6 is 23.2 Å². The highest BCUT2D eigenvalue weighted by Crippen LogP contribution is 2.58. The summed E-state index contributed by atoms with van der Waals surface area (Å²) >= 11 is 12.2. The smallest absolute Gasteiger partial charge is 0.305 e. The molecule has 0 amide bonds. The number of nitrogens with zero attached hydrogens (tertiary/aromatic N) is 10. The van der Waals surface area contributed by atoms with Gasteiger partial charge >= 0.3 is 12.4 Å². The van der Waals surface area contributed by atoms with Crippen molar-refractivity contribution in [1.29, 1.82) is 0 Å². The maximum Gasteiger partial charge on any atom is 0.416 e. The predicted molar refractivity (Wildman–Crippen MR) is 463 cm³/mol. The topological polar surface area (TPSA) is 0 Å². The molecule has 25 rings (SSSR count). The van der Waals surface area contributed by atoms with Gasteiger partial charge in [-0.15, -0.1) is 23.5 Å². The second-order valence-electron chi connectivity index (χ2n) is 37.6. The van der Waals surface area contributed by atoms with Crippen LogP contribution in [-0.4, -0.2) is 229 Å². The highest BCUT2D eigenvalue weighted by Gasteiger charge is 2.68. The molecular weight excluding hydrogens is 1620 g/mol. The van der Waals surface area contributed by atoms with E-state index in [1.54, 1.807) is 0 Å². The lowest BCUT2D eigenvalue weighted by Crippen LogP contribution is -2.76. The van der Waals surface area contributed by atoms with Gasteiger partial charge in [0.1, 0.15) is 78.5 Å². The van der Waals surface area contributed by atoms with Crippen molar-refractivity contribution in [2.45, 2.75) is 81.0 Å². The van der Waals surface area contributed by atoms with Gasteiger partial charge in [0, 0.05) is 45.4 Å². The highest BCUT2D eigenvalue weighted by atomic mass is 35.5. The number of quaternary nitrogens is 10. The summed E-state index contributed by atoms with van der Waals surface area (Å²) in [4.78, 5) is 0. The van der Waals surface area contributed by atoms with E-state index in [1.807, 2.05) is 61.6 Å². The fourth-order valence-corrected chi connectivity index (χ4v) is 23.5. The Morgan fingerprint density at radius 2 is 0.593 bits per heavy atom. The average Bonchev–Trinajstić information content (AvgIpc) is 0.709. The van der Waals surface area contributed by atoms with Gasteiger partial charge in [0.2, 0.25) is 18.1 Å². The molecule has 23 heteroatoms. The van der Waals surface area contributed by atoms with E-state index < -0.39 is 40.3 Å². The summed E-state index contributed by atoms with van der Waals surface area (Å²) in [5.41, 5.74) is 13.8. The van der Waals surface area contributed by atoms with E-state index in [-0.39, 0.29) is 68.2 Å². The van der Waals surface area contributed by atoms with Gasteiger partial charge in [-0.3, -0.25) is 8.97 Å². The molecule has 15 aliphatic rings. The van der Waals surface area contributed by atoms with E-state index in [0.717, 1.165) is 136 Å². The van der Waals surface area contributed by atoms with Crippen LogP contribution in [0.25, 0.3) is 22.3 Å². The van der Waals surface area contributed by atoms with E-state index in [1.165, 1.54) is 68.8 Å². The molecule has 15 saturated heterocycles. The Morgan fingerprint density at radius 3 is 1.01 bits per heavy atom. The number of fused-ring (bicyclic) bond motifs is 15. The number of benzene rings is 10. The van der Waals surface area contributed by atoms with Crippen LogP contribution in [0.15, 0.2) is 267 Å². The zero-order valence-corrected chi connectivity index (χ0v) is 72.6.